The van der Waals surface area contributed by atoms with Crippen LogP contribution in [0.15, 0.2) is 194 Å². The minimum Gasteiger partial charge on any atom is -0.545 e. The Bertz CT molecular complexity index is 2130. The maximum absolute atomic E-state index is 12.9. The normalized spacial score (nSPS) is 14.0. The van der Waals surface area contributed by atoms with Gasteiger partial charge in [-0.15, -0.1) is 0 Å². The number of carbonyl (C=O) groups is 3. The third-order valence-corrected chi connectivity index (χ3v) is 13.3. The first-order valence-electron chi connectivity index (χ1n) is 33.6. The Labute approximate surface area is 532 Å². The lowest BCUT2D eigenvalue weighted by molar-refractivity contribution is -0.870. The fourth-order valence-corrected chi connectivity index (χ4v) is 8.27. The Balaban J connectivity index is 4.31. The van der Waals surface area contributed by atoms with Crippen molar-refractivity contribution >= 4 is 17.9 Å². The van der Waals surface area contributed by atoms with E-state index in [1.165, 1.54) is 0 Å². The Morgan fingerprint density at radius 2 is 0.621 bits per heavy atom. The number of unbranched alkanes of at least 4 members (excludes halogenated alkanes) is 12. The molecule has 87 heavy (non-hydrogen) atoms. The van der Waals surface area contributed by atoms with E-state index in [4.69, 9.17) is 18.9 Å². The number of carboxylic acids is 1. The highest BCUT2D eigenvalue weighted by molar-refractivity contribution is 5.70. The molecule has 0 aromatic rings. The molecule has 0 bridgehead atoms. The van der Waals surface area contributed by atoms with E-state index in [2.05, 4.69) is 208 Å². The van der Waals surface area contributed by atoms with E-state index < -0.39 is 24.3 Å². The molecule has 0 fully saturated rings. The monoisotopic (exact) mass is 1200 g/mol. The fraction of sp³-hybridized carbons (Fsp3) is 0.551. The van der Waals surface area contributed by atoms with Crippen molar-refractivity contribution < 1.29 is 42.9 Å². The molecule has 0 radical (unpaired) electrons. The van der Waals surface area contributed by atoms with Crippen LogP contribution in [0.3, 0.4) is 0 Å². The lowest BCUT2D eigenvalue weighted by Crippen LogP contribution is -2.44. The van der Waals surface area contributed by atoms with Crippen LogP contribution in [-0.2, 0) is 33.3 Å². The Hall–Kier alpha value is -5.87. The number of carboxylic acid groups (broad SMARTS) is 1. The number of esters is 2. The summed E-state index contributed by atoms with van der Waals surface area (Å²) in [4.78, 5) is 37.5. The second-order valence-electron chi connectivity index (χ2n) is 22.6. The Morgan fingerprint density at radius 3 is 0.920 bits per heavy atom. The van der Waals surface area contributed by atoms with E-state index >= 15 is 0 Å². The molecular formula is C78H121NO8. The molecular weight excluding hydrogens is 1080 g/mol. The molecule has 0 saturated heterocycles. The summed E-state index contributed by atoms with van der Waals surface area (Å²) < 4.78 is 22.7. The summed E-state index contributed by atoms with van der Waals surface area (Å²) >= 11 is 0. The predicted octanol–water partition coefficient (Wildman–Crippen LogP) is 19.7. The van der Waals surface area contributed by atoms with Crippen molar-refractivity contribution in [3.8, 4) is 0 Å². The molecule has 0 aliphatic carbocycles. The van der Waals surface area contributed by atoms with Crippen molar-refractivity contribution in [1.82, 2.24) is 0 Å². The number of hydrogen-bond donors (Lipinski definition) is 0. The van der Waals surface area contributed by atoms with Crippen molar-refractivity contribution in [2.75, 3.05) is 47.5 Å². The molecule has 9 nitrogen and oxygen atoms in total. The van der Waals surface area contributed by atoms with Crippen LogP contribution in [-0.4, -0.2) is 82.3 Å². The minimum atomic E-state index is -1.64. The van der Waals surface area contributed by atoms with Gasteiger partial charge in [-0.3, -0.25) is 9.59 Å². The molecule has 0 N–H and O–H groups in total. The Morgan fingerprint density at radius 1 is 0.345 bits per heavy atom. The van der Waals surface area contributed by atoms with E-state index in [1.807, 2.05) is 21.1 Å². The van der Waals surface area contributed by atoms with Crippen LogP contribution in [0, 0.1) is 0 Å². The van der Waals surface area contributed by atoms with Crippen molar-refractivity contribution in [2.24, 2.45) is 0 Å². The average Bonchev–Trinajstić information content (AvgIpc) is 3.51. The van der Waals surface area contributed by atoms with Crippen LogP contribution in [0.4, 0.5) is 0 Å². The SMILES string of the molecule is CC/C=C\C/C=C\C/C=C\C/C=C\C/C=C\C/C=C\C/C=C\C/C=C\CCCCCCCCC(=O)OCC(COC(OCC[N+](C)(C)C)C(=O)[O-])OC(=O)CCCCCCCC/C=C\C/C=C\C/C=C\C/C=C\C/C=C\C/C=C\C/C=C\C/C=C\CC. The zero-order chi connectivity index (χ0) is 63.3. The summed E-state index contributed by atoms with van der Waals surface area (Å²) in [6.07, 6.45) is 99.1. The number of nitrogens with zero attached hydrogens (tertiary/aromatic N) is 1. The second kappa shape index (κ2) is 66.1. The van der Waals surface area contributed by atoms with E-state index in [0.717, 1.165) is 180 Å². The van der Waals surface area contributed by atoms with Crippen LogP contribution in [0.1, 0.15) is 219 Å². The molecule has 486 valence electrons. The highest BCUT2D eigenvalue weighted by atomic mass is 16.7. The van der Waals surface area contributed by atoms with Gasteiger partial charge in [0, 0.05) is 12.8 Å². The molecule has 0 spiro atoms. The van der Waals surface area contributed by atoms with Gasteiger partial charge in [0.15, 0.2) is 12.4 Å². The Kier molecular flexibility index (Phi) is 61.6. The fourth-order valence-electron chi connectivity index (χ4n) is 8.27. The van der Waals surface area contributed by atoms with Crippen LogP contribution >= 0.6 is 0 Å². The number of quaternary nitrogens is 1. The first kappa shape index (κ1) is 81.1. The third kappa shape index (κ3) is 67.5. The van der Waals surface area contributed by atoms with Crippen LogP contribution < -0.4 is 5.11 Å². The zero-order valence-electron chi connectivity index (χ0n) is 55.3. The summed E-state index contributed by atoms with van der Waals surface area (Å²) in [6, 6.07) is 0. The zero-order valence-corrected chi connectivity index (χ0v) is 55.3. The molecule has 0 aromatic carbocycles. The second-order valence-corrected chi connectivity index (χ2v) is 22.6. The standard InChI is InChI=1S/C78H121NO8/c1-6-8-10-12-14-16-18-20-22-24-26-28-30-32-34-36-38-40-42-44-46-48-50-52-54-56-58-60-62-64-66-68-75(80)85-72-74(73-86-78(77(82)83)84-71-70-79(3,4)5)87-76(81)69-67-65-63-61-59-57-55-53-51-49-47-45-43-41-39-37-35-33-31-29-27-25-23-21-19-17-15-13-11-9-7-2/h8-11,14-17,20-23,26-29,32-35,38-41,44-47,50-53,74,78H,6-7,12-13,18-19,24-25,30-31,36-37,42-43,48-49,54-73H2,1-5H3/b10-8-,11-9-,16-14-,17-15-,22-20-,23-21-,28-26-,29-27-,34-32-,35-33-,40-38-,41-39-,46-44-,47-45-,52-50-,53-51-. The number of ether oxygens (including phenoxy) is 4. The highest BCUT2D eigenvalue weighted by Gasteiger charge is 2.22. The smallest absolute Gasteiger partial charge is 0.306 e. The molecule has 9 heteroatoms. The van der Waals surface area contributed by atoms with Crippen molar-refractivity contribution in [3.05, 3.63) is 194 Å². The summed E-state index contributed by atoms with van der Waals surface area (Å²) in [7, 11) is 5.90. The topological polar surface area (TPSA) is 111 Å². The molecule has 0 aliphatic rings. The van der Waals surface area contributed by atoms with E-state index in [1.54, 1.807) is 0 Å². The lowest BCUT2D eigenvalue weighted by Gasteiger charge is -2.26. The lowest BCUT2D eigenvalue weighted by atomic mass is 10.1. The van der Waals surface area contributed by atoms with Gasteiger partial charge in [-0.05, 0) is 141 Å². The van der Waals surface area contributed by atoms with E-state index in [-0.39, 0.29) is 38.6 Å². The van der Waals surface area contributed by atoms with Gasteiger partial charge in [-0.2, -0.15) is 0 Å². The van der Waals surface area contributed by atoms with Crippen LogP contribution in [0.2, 0.25) is 0 Å². The molecule has 2 atom stereocenters. The first-order chi connectivity index (χ1) is 42.6. The molecule has 0 amide bonds. The maximum atomic E-state index is 12.9. The predicted molar refractivity (Wildman–Crippen MR) is 370 cm³/mol. The largest absolute Gasteiger partial charge is 0.545 e. The molecule has 2 unspecified atom stereocenters. The van der Waals surface area contributed by atoms with Crippen molar-refractivity contribution in [3.63, 3.8) is 0 Å². The molecule has 0 aromatic heterocycles. The summed E-state index contributed by atoms with van der Waals surface area (Å²) in [5, 5.41) is 11.8. The first-order valence-corrected chi connectivity index (χ1v) is 33.6. The molecule has 0 rings (SSSR count). The number of aliphatic carboxylic acids is 1. The number of carbonyl (C=O) groups excluding carboxylic acids is 3. The quantitative estimate of drug-likeness (QED) is 0.0195. The van der Waals surface area contributed by atoms with Gasteiger partial charge in [0.1, 0.15) is 13.2 Å². The number of hydrogen-bond acceptors (Lipinski definition) is 8. The average molecular weight is 1200 g/mol. The van der Waals surface area contributed by atoms with Gasteiger partial charge in [-0.25, -0.2) is 0 Å². The maximum Gasteiger partial charge on any atom is 0.306 e. The van der Waals surface area contributed by atoms with Gasteiger partial charge in [-0.1, -0.05) is 260 Å². The van der Waals surface area contributed by atoms with Gasteiger partial charge in [0.05, 0.1) is 40.3 Å². The molecule has 0 saturated carbocycles. The van der Waals surface area contributed by atoms with Gasteiger partial charge in [0.2, 0.25) is 0 Å². The minimum absolute atomic E-state index is 0.130. The molecule has 0 heterocycles. The number of allylic oxidation sites excluding steroid dienone is 32. The number of likely N-dealkylation sites (N-methyl/N-ethyl adjacent to an activating group) is 1. The van der Waals surface area contributed by atoms with Crippen LogP contribution in [0.5, 0.6) is 0 Å². The summed E-state index contributed by atoms with van der Waals surface area (Å²) in [6.45, 7) is 4.45. The van der Waals surface area contributed by atoms with Crippen molar-refractivity contribution in [1.29, 1.82) is 0 Å². The van der Waals surface area contributed by atoms with Crippen LogP contribution in [0.25, 0.3) is 0 Å². The van der Waals surface area contributed by atoms with Gasteiger partial charge in [0.25, 0.3) is 0 Å². The summed E-state index contributed by atoms with van der Waals surface area (Å²) in [5.41, 5.74) is 0. The van der Waals surface area contributed by atoms with E-state index in [0.29, 0.717) is 23.9 Å². The van der Waals surface area contributed by atoms with E-state index in [9.17, 15) is 19.5 Å². The number of rotatable bonds is 59. The van der Waals surface area contributed by atoms with Crippen molar-refractivity contribution in [2.45, 2.75) is 232 Å². The highest BCUT2D eigenvalue weighted by Crippen LogP contribution is 2.14. The molecule has 0 aliphatic heterocycles. The third-order valence-electron chi connectivity index (χ3n) is 13.3. The van der Waals surface area contributed by atoms with Gasteiger partial charge >= 0.3 is 11.9 Å². The summed E-state index contributed by atoms with van der Waals surface area (Å²) in [5.74, 6) is -2.35. The van der Waals surface area contributed by atoms with Gasteiger partial charge < -0.3 is 33.3 Å².